The van der Waals surface area contributed by atoms with E-state index in [1.54, 1.807) is 24.3 Å². The Morgan fingerprint density at radius 3 is 2.61 bits per heavy atom. The van der Waals surface area contributed by atoms with Crippen LogP contribution in [0.25, 0.3) is 0 Å². The van der Waals surface area contributed by atoms with Gasteiger partial charge in [-0.2, -0.15) is 0 Å². The van der Waals surface area contributed by atoms with E-state index in [9.17, 15) is 10.1 Å². The summed E-state index contributed by atoms with van der Waals surface area (Å²) in [5.74, 6) is 1.07. The molecule has 2 aromatic rings. The average Bonchev–Trinajstić information content (AvgIpc) is 2.54. The van der Waals surface area contributed by atoms with Crippen molar-refractivity contribution in [3.8, 4) is 11.5 Å². The van der Waals surface area contributed by atoms with Crippen LogP contribution in [0.4, 0.5) is 5.69 Å². The second-order valence-corrected chi connectivity index (χ2v) is 5.65. The van der Waals surface area contributed by atoms with Crippen LogP contribution < -0.4 is 9.47 Å². The Morgan fingerprint density at radius 2 is 2.04 bits per heavy atom. The lowest BCUT2D eigenvalue weighted by Gasteiger charge is -2.13. The fourth-order valence-electron chi connectivity index (χ4n) is 1.89. The summed E-state index contributed by atoms with van der Waals surface area (Å²) >= 11 is 2.09. The maximum absolute atomic E-state index is 10.6. The number of benzene rings is 2. The molecule has 0 aliphatic carbocycles. The van der Waals surface area contributed by atoms with Crippen LogP contribution in [-0.4, -0.2) is 23.5 Å². The summed E-state index contributed by atoms with van der Waals surface area (Å²) in [6, 6.07) is 9.62. The number of hydrogen-bond acceptors (Lipinski definition) is 6. The lowest BCUT2D eigenvalue weighted by molar-refractivity contribution is -0.384. The van der Waals surface area contributed by atoms with Crippen LogP contribution >= 0.6 is 22.6 Å². The van der Waals surface area contributed by atoms with Crippen molar-refractivity contribution >= 4 is 34.5 Å². The van der Waals surface area contributed by atoms with E-state index in [0.29, 0.717) is 17.1 Å². The predicted molar refractivity (Wildman–Crippen MR) is 92.5 cm³/mol. The molecule has 0 unspecified atom stereocenters. The van der Waals surface area contributed by atoms with Gasteiger partial charge >= 0.3 is 0 Å². The second kappa shape index (κ2) is 7.77. The first-order chi connectivity index (χ1) is 11.0. The first-order valence-electron chi connectivity index (χ1n) is 6.46. The molecular weight excluding hydrogens is 415 g/mol. The Balaban J connectivity index is 2.18. The van der Waals surface area contributed by atoms with E-state index in [1.165, 1.54) is 25.5 Å². The minimum Gasteiger partial charge on any atom is -0.493 e. The Hall–Kier alpha value is -2.36. The third-order valence-corrected chi connectivity index (χ3v) is 3.79. The second-order valence-electron chi connectivity index (χ2n) is 4.49. The first kappa shape index (κ1) is 17.0. The topological polar surface area (TPSA) is 94.2 Å². The molecule has 2 rings (SSSR count). The number of hydrogen-bond donors (Lipinski definition) is 1. The van der Waals surface area contributed by atoms with Gasteiger partial charge in [0.15, 0.2) is 11.5 Å². The van der Waals surface area contributed by atoms with Gasteiger partial charge in [0.2, 0.25) is 0 Å². The predicted octanol–water partition coefficient (Wildman–Crippen LogP) is 3.60. The molecule has 23 heavy (non-hydrogen) atoms. The molecule has 0 atom stereocenters. The van der Waals surface area contributed by atoms with Crippen molar-refractivity contribution in [2.24, 2.45) is 5.16 Å². The SMILES string of the molecule is COc1cc(/C=N\O)cc(I)c1OCc1ccc([N+](=O)[O-])cc1. The van der Waals surface area contributed by atoms with E-state index >= 15 is 0 Å². The maximum atomic E-state index is 10.6. The van der Waals surface area contributed by atoms with Crippen LogP contribution in [0.5, 0.6) is 11.5 Å². The van der Waals surface area contributed by atoms with E-state index in [1.807, 2.05) is 0 Å². The van der Waals surface area contributed by atoms with Gasteiger partial charge in [-0.1, -0.05) is 5.16 Å². The Bertz CT molecular complexity index is 731. The molecule has 0 aromatic heterocycles. The van der Waals surface area contributed by atoms with Crippen LogP contribution in [0.2, 0.25) is 0 Å². The van der Waals surface area contributed by atoms with E-state index in [0.717, 1.165) is 9.13 Å². The Labute approximate surface area is 145 Å². The molecule has 2 aromatic carbocycles. The minimum atomic E-state index is -0.446. The number of ether oxygens (including phenoxy) is 2. The fraction of sp³-hybridized carbons (Fsp3) is 0.133. The fourth-order valence-corrected chi connectivity index (χ4v) is 2.67. The third-order valence-electron chi connectivity index (χ3n) is 2.99. The van der Waals surface area contributed by atoms with Gasteiger partial charge in [0.05, 0.1) is 21.8 Å². The number of halogens is 1. The summed E-state index contributed by atoms with van der Waals surface area (Å²) in [4.78, 5) is 10.2. The molecule has 0 heterocycles. The van der Waals surface area contributed by atoms with E-state index < -0.39 is 4.92 Å². The van der Waals surface area contributed by atoms with Crippen LogP contribution in [-0.2, 0) is 6.61 Å². The van der Waals surface area contributed by atoms with E-state index in [2.05, 4.69) is 27.7 Å². The lowest BCUT2D eigenvalue weighted by Crippen LogP contribution is -2.01. The average molecular weight is 428 g/mol. The van der Waals surface area contributed by atoms with Crippen LogP contribution in [0.15, 0.2) is 41.6 Å². The zero-order chi connectivity index (χ0) is 16.8. The van der Waals surface area contributed by atoms with Crippen LogP contribution in [0.3, 0.4) is 0 Å². The molecule has 0 radical (unpaired) electrons. The standard InChI is InChI=1S/C15H13IN2O5/c1-22-14-7-11(8-17-19)6-13(16)15(14)23-9-10-2-4-12(5-3-10)18(20)21/h2-8,19H,9H2,1H3/b17-8-. The minimum absolute atomic E-state index is 0.0357. The summed E-state index contributed by atoms with van der Waals surface area (Å²) < 4.78 is 11.8. The van der Waals surface area contributed by atoms with Gasteiger partial charge in [0.1, 0.15) is 6.61 Å². The van der Waals surface area contributed by atoms with Gasteiger partial charge < -0.3 is 14.7 Å². The number of methoxy groups -OCH3 is 1. The van der Waals surface area contributed by atoms with Crippen molar-refractivity contribution in [1.29, 1.82) is 0 Å². The first-order valence-corrected chi connectivity index (χ1v) is 7.54. The summed E-state index contributed by atoms with van der Waals surface area (Å²) in [5.41, 5.74) is 1.51. The van der Waals surface area contributed by atoms with Gasteiger partial charge in [0.25, 0.3) is 5.69 Å². The summed E-state index contributed by atoms with van der Waals surface area (Å²) in [6.07, 6.45) is 1.30. The molecule has 8 heteroatoms. The molecule has 0 bridgehead atoms. The van der Waals surface area contributed by atoms with Crippen molar-refractivity contribution in [1.82, 2.24) is 0 Å². The van der Waals surface area contributed by atoms with Gasteiger partial charge in [-0.15, -0.1) is 0 Å². The Kier molecular flexibility index (Phi) is 5.74. The van der Waals surface area contributed by atoms with Gasteiger partial charge in [-0.3, -0.25) is 10.1 Å². The van der Waals surface area contributed by atoms with E-state index in [-0.39, 0.29) is 12.3 Å². The lowest BCUT2D eigenvalue weighted by atomic mass is 10.2. The van der Waals surface area contributed by atoms with Gasteiger partial charge in [-0.05, 0) is 52.4 Å². The molecule has 0 amide bonds. The quantitative estimate of drug-likeness (QED) is 0.250. The Morgan fingerprint density at radius 1 is 1.35 bits per heavy atom. The molecule has 0 aliphatic heterocycles. The molecule has 0 saturated carbocycles. The zero-order valence-corrected chi connectivity index (χ0v) is 14.3. The normalized spacial score (nSPS) is 10.7. The number of rotatable bonds is 6. The smallest absolute Gasteiger partial charge is 0.269 e. The molecule has 0 aliphatic rings. The molecule has 0 fully saturated rings. The number of nitro groups is 1. The molecule has 0 saturated heterocycles. The van der Waals surface area contributed by atoms with Gasteiger partial charge in [0, 0.05) is 17.7 Å². The van der Waals surface area contributed by atoms with Crippen LogP contribution in [0, 0.1) is 13.7 Å². The largest absolute Gasteiger partial charge is 0.493 e. The number of nitro benzene ring substituents is 1. The monoisotopic (exact) mass is 428 g/mol. The zero-order valence-electron chi connectivity index (χ0n) is 12.1. The molecule has 0 spiro atoms. The summed E-state index contributed by atoms with van der Waals surface area (Å²) in [5, 5.41) is 22.2. The highest BCUT2D eigenvalue weighted by molar-refractivity contribution is 14.1. The molecule has 120 valence electrons. The number of oxime groups is 1. The summed E-state index contributed by atoms with van der Waals surface area (Å²) in [6.45, 7) is 0.248. The maximum Gasteiger partial charge on any atom is 0.269 e. The molecular formula is C15H13IN2O5. The summed E-state index contributed by atoms with van der Waals surface area (Å²) in [7, 11) is 1.52. The van der Waals surface area contributed by atoms with Crippen molar-refractivity contribution in [3.05, 3.63) is 61.2 Å². The van der Waals surface area contributed by atoms with Crippen molar-refractivity contribution in [2.45, 2.75) is 6.61 Å². The van der Waals surface area contributed by atoms with Crippen molar-refractivity contribution in [3.63, 3.8) is 0 Å². The highest BCUT2D eigenvalue weighted by atomic mass is 127. The molecule has 7 nitrogen and oxygen atoms in total. The van der Waals surface area contributed by atoms with E-state index in [4.69, 9.17) is 14.7 Å². The van der Waals surface area contributed by atoms with Crippen LogP contribution in [0.1, 0.15) is 11.1 Å². The highest BCUT2D eigenvalue weighted by Crippen LogP contribution is 2.34. The number of nitrogens with zero attached hydrogens (tertiary/aromatic N) is 2. The van der Waals surface area contributed by atoms with Crippen molar-refractivity contribution in [2.75, 3.05) is 7.11 Å². The highest BCUT2D eigenvalue weighted by Gasteiger charge is 2.12. The van der Waals surface area contributed by atoms with Gasteiger partial charge in [-0.25, -0.2) is 0 Å². The molecule has 1 N–H and O–H groups in total. The van der Waals surface area contributed by atoms with Crippen molar-refractivity contribution < 1.29 is 19.6 Å². The third kappa shape index (κ3) is 4.31. The number of non-ortho nitro benzene ring substituents is 1.